The van der Waals surface area contributed by atoms with Gasteiger partial charge in [0, 0.05) is 22.7 Å². The molecule has 2 unspecified atom stereocenters. The molecule has 4 nitrogen and oxygen atoms in total. The van der Waals surface area contributed by atoms with Crippen molar-refractivity contribution in [3.63, 3.8) is 0 Å². The first-order valence-electron chi connectivity index (χ1n) is 13.3. The second-order valence-electron chi connectivity index (χ2n) is 13.8. The van der Waals surface area contributed by atoms with Gasteiger partial charge in [-0.3, -0.25) is 14.4 Å². The Balaban J connectivity index is 1.70. The van der Waals surface area contributed by atoms with Crippen molar-refractivity contribution >= 4 is 28.4 Å². The molecule has 0 radical (unpaired) electrons. The predicted molar refractivity (Wildman–Crippen MR) is 135 cm³/mol. The predicted octanol–water partition coefficient (Wildman–Crippen LogP) is 6.58. The number of hydrogen-bond acceptors (Lipinski definition) is 4. The molecular weight excluding hydrogens is 458 g/mol. The van der Waals surface area contributed by atoms with Gasteiger partial charge < -0.3 is 0 Å². The van der Waals surface area contributed by atoms with Crippen LogP contribution < -0.4 is 0 Å². The summed E-state index contributed by atoms with van der Waals surface area (Å²) in [5.41, 5.74) is -0.283. The summed E-state index contributed by atoms with van der Waals surface area (Å²) in [6.07, 6.45) is 9.61. The highest BCUT2D eigenvalue weighted by atomic mass is 35.5. The second-order valence-corrected chi connectivity index (χ2v) is 14.2. The summed E-state index contributed by atoms with van der Waals surface area (Å²) in [6, 6.07) is 2.14. The summed E-state index contributed by atoms with van der Waals surface area (Å²) in [6.45, 7) is 13.2. The number of ketones is 2. The third-order valence-corrected chi connectivity index (χ3v) is 12.3. The Kier molecular flexibility index (Phi) is 5.28. The van der Waals surface area contributed by atoms with Gasteiger partial charge in [-0.1, -0.05) is 53.2 Å². The van der Waals surface area contributed by atoms with E-state index in [0.717, 1.165) is 50.5 Å². The molecular formula is C30H38ClNO3. The van der Waals surface area contributed by atoms with Gasteiger partial charge in [-0.2, -0.15) is 5.26 Å². The number of Topliss-reactive ketones (excluding diaryl/α,β-unsaturated/α-hetero) is 1. The molecule has 188 valence electrons. The van der Waals surface area contributed by atoms with Crippen molar-refractivity contribution < 1.29 is 14.4 Å². The van der Waals surface area contributed by atoms with Crippen LogP contribution in [-0.4, -0.2) is 16.8 Å². The Hall–Kier alpha value is -1.73. The van der Waals surface area contributed by atoms with Gasteiger partial charge in [-0.05, 0) is 90.7 Å². The lowest BCUT2D eigenvalue weighted by molar-refractivity contribution is -0.172. The van der Waals surface area contributed by atoms with Gasteiger partial charge >= 0.3 is 0 Å². The van der Waals surface area contributed by atoms with E-state index in [4.69, 9.17) is 11.6 Å². The molecule has 0 N–H and O–H groups in total. The molecule has 0 aliphatic heterocycles. The summed E-state index contributed by atoms with van der Waals surface area (Å²) >= 11 is 6.35. The lowest BCUT2D eigenvalue weighted by atomic mass is 9.35. The van der Waals surface area contributed by atoms with Gasteiger partial charge in [-0.25, -0.2) is 0 Å². The summed E-state index contributed by atoms with van der Waals surface area (Å²) in [5, 5.41) is 9.46. The highest BCUT2D eigenvalue weighted by molar-refractivity contribution is 6.64. The van der Waals surface area contributed by atoms with Crippen LogP contribution in [0, 0.1) is 62.1 Å². The number of carbonyl (C=O) groups is 3. The van der Waals surface area contributed by atoms with Crippen LogP contribution >= 0.6 is 11.6 Å². The molecule has 5 aliphatic rings. The van der Waals surface area contributed by atoms with Gasteiger partial charge in [0.05, 0.1) is 5.57 Å². The van der Waals surface area contributed by atoms with E-state index in [-0.39, 0.29) is 62.3 Å². The fourth-order valence-corrected chi connectivity index (χ4v) is 9.93. The lowest BCUT2D eigenvalue weighted by Crippen LogP contribution is -2.65. The van der Waals surface area contributed by atoms with Crippen LogP contribution in [0.15, 0.2) is 23.3 Å². The van der Waals surface area contributed by atoms with Crippen LogP contribution in [0.4, 0.5) is 0 Å². The second kappa shape index (κ2) is 7.41. The van der Waals surface area contributed by atoms with E-state index in [9.17, 15) is 19.6 Å². The minimum absolute atomic E-state index is 0.0558. The molecule has 0 saturated heterocycles. The van der Waals surface area contributed by atoms with Crippen LogP contribution in [-0.2, 0) is 14.4 Å². The standard InChI is InChI=1S/C30H38ClNO3/c1-17-19-7-8-28(5)22(27(19,4)14-18(16-32)24(17)34)13-21(33)23-20-15-26(2,3)9-11-30(20,25(31)35)12-10-29(23,28)6/h13-14,17,19-20,23H,7-12,15H2,1-6H3/t17-,19-,20?,23?,27-,28+,29+,30-/m0/s1. The van der Waals surface area contributed by atoms with E-state index >= 15 is 0 Å². The Labute approximate surface area is 214 Å². The molecule has 0 aromatic heterocycles. The zero-order chi connectivity index (χ0) is 25.8. The Morgan fingerprint density at radius 1 is 1.03 bits per heavy atom. The number of hydrogen-bond donors (Lipinski definition) is 0. The van der Waals surface area contributed by atoms with Crippen molar-refractivity contribution in [3.05, 3.63) is 23.3 Å². The lowest BCUT2D eigenvalue weighted by Gasteiger charge is -2.68. The maximum atomic E-state index is 14.2. The molecule has 0 aromatic carbocycles. The molecule has 0 spiro atoms. The number of carbonyl (C=O) groups excluding carboxylic acids is 3. The molecule has 0 aromatic rings. The van der Waals surface area contributed by atoms with Crippen molar-refractivity contribution in [1.82, 2.24) is 0 Å². The average molecular weight is 496 g/mol. The van der Waals surface area contributed by atoms with Crippen LogP contribution in [0.3, 0.4) is 0 Å². The van der Waals surface area contributed by atoms with Crippen molar-refractivity contribution in [2.24, 2.45) is 50.7 Å². The van der Waals surface area contributed by atoms with Gasteiger partial charge in [0.2, 0.25) is 5.24 Å². The number of allylic oxidation sites excluding steroid dienone is 4. The molecule has 0 heterocycles. The third kappa shape index (κ3) is 3.00. The molecule has 3 saturated carbocycles. The highest BCUT2D eigenvalue weighted by Gasteiger charge is 2.69. The molecule has 5 aliphatic carbocycles. The molecule has 0 bridgehead atoms. The highest BCUT2D eigenvalue weighted by Crippen LogP contribution is 2.74. The van der Waals surface area contributed by atoms with Crippen molar-refractivity contribution in [2.75, 3.05) is 0 Å². The maximum Gasteiger partial charge on any atom is 0.228 e. The zero-order valence-electron chi connectivity index (χ0n) is 22.0. The van der Waals surface area contributed by atoms with Gasteiger partial charge in [-0.15, -0.1) is 0 Å². The van der Waals surface area contributed by atoms with Crippen LogP contribution in [0.1, 0.15) is 86.5 Å². The molecule has 5 rings (SSSR count). The quantitative estimate of drug-likeness (QED) is 0.385. The van der Waals surface area contributed by atoms with Gasteiger partial charge in [0.1, 0.15) is 6.07 Å². The number of rotatable bonds is 1. The first-order valence-corrected chi connectivity index (χ1v) is 13.7. The fraction of sp³-hybridized carbons (Fsp3) is 0.733. The van der Waals surface area contributed by atoms with Crippen LogP contribution in [0.25, 0.3) is 0 Å². The number of fused-ring (bicyclic) bond motifs is 7. The van der Waals surface area contributed by atoms with Crippen molar-refractivity contribution in [2.45, 2.75) is 86.5 Å². The van der Waals surface area contributed by atoms with Crippen LogP contribution in [0.2, 0.25) is 0 Å². The Morgan fingerprint density at radius 2 is 1.69 bits per heavy atom. The molecule has 35 heavy (non-hydrogen) atoms. The normalized spacial score (nSPS) is 48.3. The van der Waals surface area contributed by atoms with E-state index in [1.165, 1.54) is 0 Å². The Morgan fingerprint density at radius 3 is 2.31 bits per heavy atom. The van der Waals surface area contributed by atoms with Crippen molar-refractivity contribution in [3.8, 4) is 6.07 Å². The number of nitriles is 1. The Bertz CT molecular complexity index is 1140. The summed E-state index contributed by atoms with van der Waals surface area (Å²) < 4.78 is 0. The fourth-order valence-electron chi connectivity index (χ4n) is 9.60. The van der Waals surface area contributed by atoms with E-state index < -0.39 is 10.8 Å². The largest absolute Gasteiger partial charge is 0.295 e. The minimum atomic E-state index is -0.612. The summed E-state index contributed by atoms with van der Waals surface area (Å²) in [4.78, 5) is 40.0. The first-order chi connectivity index (χ1) is 16.2. The monoisotopic (exact) mass is 495 g/mol. The SMILES string of the molecule is C[C@@H]1C(=O)C(C#N)=C[C@]2(C)C3=CC(=O)C4C5CC(C)(C)CC[C@]5(C(=O)Cl)CC[C@@]4(C)[C@]3(C)CC[C@@H]12. The van der Waals surface area contributed by atoms with E-state index in [0.29, 0.717) is 0 Å². The van der Waals surface area contributed by atoms with E-state index in [1.807, 2.05) is 19.1 Å². The minimum Gasteiger partial charge on any atom is -0.295 e. The maximum absolute atomic E-state index is 14.2. The molecule has 5 heteroatoms. The topological polar surface area (TPSA) is 75.0 Å². The smallest absolute Gasteiger partial charge is 0.228 e. The van der Waals surface area contributed by atoms with E-state index in [2.05, 4.69) is 40.7 Å². The number of halogens is 1. The summed E-state index contributed by atoms with van der Waals surface area (Å²) in [5.74, 6) is -0.409. The van der Waals surface area contributed by atoms with Gasteiger partial charge in [0.15, 0.2) is 11.6 Å². The van der Waals surface area contributed by atoms with E-state index in [1.54, 1.807) is 0 Å². The molecule has 0 amide bonds. The van der Waals surface area contributed by atoms with Gasteiger partial charge in [0.25, 0.3) is 0 Å². The van der Waals surface area contributed by atoms with Crippen LogP contribution in [0.5, 0.6) is 0 Å². The third-order valence-electron chi connectivity index (χ3n) is 11.9. The molecule has 8 atom stereocenters. The van der Waals surface area contributed by atoms with Crippen molar-refractivity contribution in [1.29, 1.82) is 5.26 Å². The summed E-state index contributed by atoms with van der Waals surface area (Å²) in [7, 11) is 0. The average Bonchev–Trinajstić information content (AvgIpc) is 2.77. The number of nitrogens with zero attached hydrogens (tertiary/aromatic N) is 1. The zero-order valence-corrected chi connectivity index (χ0v) is 22.7. The molecule has 3 fully saturated rings. The first kappa shape index (κ1) is 24.9.